The number of hydrogen-bond donors (Lipinski definition) is 1. The fourth-order valence-corrected chi connectivity index (χ4v) is 3.41. The lowest BCUT2D eigenvalue weighted by Gasteiger charge is -2.36. The van der Waals surface area contributed by atoms with Crippen LogP contribution in [-0.4, -0.2) is 25.9 Å². The van der Waals surface area contributed by atoms with E-state index in [0.717, 1.165) is 30.6 Å². The molecule has 4 nitrogen and oxygen atoms in total. The number of aromatic amines is 1. The first kappa shape index (κ1) is 20.5. The van der Waals surface area contributed by atoms with Crippen molar-refractivity contribution in [1.29, 1.82) is 0 Å². The Morgan fingerprint density at radius 3 is 2.46 bits per heavy atom. The molecular formula is C21H31NO3Si. The maximum absolute atomic E-state index is 12.1. The Balaban J connectivity index is 1.76. The minimum absolute atomic E-state index is 0.233. The Kier molecular flexibility index (Phi) is 6.84. The molecule has 5 heteroatoms. The third kappa shape index (κ3) is 5.85. The first-order valence-electron chi connectivity index (χ1n) is 9.21. The molecule has 2 rings (SSSR count). The molecule has 0 amide bonds. The number of esters is 1. The summed E-state index contributed by atoms with van der Waals surface area (Å²) in [7, 11) is -1.68. The predicted octanol–water partition coefficient (Wildman–Crippen LogP) is 5.33. The monoisotopic (exact) mass is 373 g/mol. The summed E-state index contributed by atoms with van der Waals surface area (Å²) < 4.78 is 11.5. The average molecular weight is 374 g/mol. The van der Waals surface area contributed by atoms with E-state index in [4.69, 9.17) is 9.16 Å². The number of ether oxygens (including phenoxy) is 1. The highest BCUT2D eigenvalue weighted by atomic mass is 28.4. The van der Waals surface area contributed by atoms with Crippen molar-refractivity contribution in [2.75, 3.05) is 6.61 Å². The lowest BCUT2D eigenvalue weighted by atomic mass is 10.2. The third-order valence-electron chi connectivity index (χ3n) is 5.05. The fraction of sp³-hybridized carbons (Fsp3) is 0.476. The molecule has 0 aliphatic heterocycles. The van der Waals surface area contributed by atoms with Gasteiger partial charge in [-0.2, -0.15) is 0 Å². The smallest absolute Gasteiger partial charge is 0.355 e. The van der Waals surface area contributed by atoms with Gasteiger partial charge in [-0.3, -0.25) is 0 Å². The molecule has 1 aromatic heterocycles. The Morgan fingerprint density at radius 1 is 1.12 bits per heavy atom. The normalized spacial score (nSPS) is 12.2. The van der Waals surface area contributed by atoms with E-state index in [-0.39, 0.29) is 17.6 Å². The first-order valence-corrected chi connectivity index (χ1v) is 12.1. The minimum atomic E-state index is -1.68. The second kappa shape index (κ2) is 8.69. The van der Waals surface area contributed by atoms with Crippen molar-refractivity contribution < 1.29 is 14.0 Å². The number of carbonyl (C=O) groups excluding carboxylic acids is 1. The van der Waals surface area contributed by atoms with Crippen molar-refractivity contribution in [1.82, 2.24) is 4.98 Å². The van der Waals surface area contributed by atoms with E-state index in [2.05, 4.69) is 38.8 Å². The van der Waals surface area contributed by atoms with Crippen molar-refractivity contribution in [3.63, 3.8) is 0 Å². The molecular weight excluding hydrogens is 342 g/mol. The zero-order chi connectivity index (χ0) is 19.2. The SMILES string of the molecule is CC(C)(C)[Si](C)(C)OCCCc1c[nH]c(C(=O)OCc2ccccc2)c1. The molecule has 0 aliphatic rings. The number of nitrogens with one attached hydrogen (secondary N) is 1. The average Bonchev–Trinajstić information content (AvgIpc) is 3.05. The topological polar surface area (TPSA) is 51.3 Å². The molecule has 1 aromatic carbocycles. The van der Waals surface area contributed by atoms with Crippen molar-refractivity contribution >= 4 is 14.3 Å². The van der Waals surface area contributed by atoms with Crippen molar-refractivity contribution in [3.05, 3.63) is 59.4 Å². The fourth-order valence-electron chi connectivity index (χ4n) is 2.32. The Hall–Kier alpha value is -1.85. The van der Waals surface area contributed by atoms with Crippen molar-refractivity contribution in [3.8, 4) is 0 Å². The molecule has 0 atom stereocenters. The van der Waals surface area contributed by atoms with Gasteiger partial charge in [0, 0.05) is 12.8 Å². The van der Waals surface area contributed by atoms with Crippen LogP contribution >= 0.6 is 0 Å². The Labute approximate surface area is 158 Å². The summed E-state index contributed by atoms with van der Waals surface area (Å²) in [5.74, 6) is -0.322. The van der Waals surface area contributed by atoms with Crippen LogP contribution in [0.2, 0.25) is 18.1 Å². The molecule has 0 spiro atoms. The number of aryl methyl sites for hydroxylation is 1. The number of aromatic nitrogens is 1. The van der Waals surface area contributed by atoms with Gasteiger partial charge in [0.25, 0.3) is 0 Å². The molecule has 0 fully saturated rings. The molecule has 1 N–H and O–H groups in total. The predicted molar refractivity (Wildman–Crippen MR) is 108 cm³/mol. The second-order valence-electron chi connectivity index (χ2n) is 8.20. The number of rotatable bonds is 8. The van der Waals surface area contributed by atoms with Crippen LogP contribution in [0.3, 0.4) is 0 Å². The largest absolute Gasteiger partial charge is 0.456 e. The van der Waals surface area contributed by atoms with Crippen LogP contribution in [0.1, 0.15) is 48.8 Å². The summed E-state index contributed by atoms with van der Waals surface area (Å²) in [6, 6.07) is 11.6. The van der Waals surface area contributed by atoms with Gasteiger partial charge in [-0.05, 0) is 48.2 Å². The molecule has 0 aliphatic carbocycles. The Morgan fingerprint density at radius 2 is 1.81 bits per heavy atom. The summed E-state index contributed by atoms with van der Waals surface area (Å²) in [6.07, 6.45) is 3.71. The van der Waals surface area contributed by atoms with E-state index in [1.165, 1.54) is 0 Å². The van der Waals surface area contributed by atoms with Crippen LogP contribution < -0.4 is 0 Å². The lowest BCUT2D eigenvalue weighted by Crippen LogP contribution is -2.41. The zero-order valence-electron chi connectivity index (χ0n) is 16.6. The van der Waals surface area contributed by atoms with E-state index in [1.54, 1.807) is 0 Å². The number of H-pyrrole nitrogens is 1. The maximum atomic E-state index is 12.1. The van der Waals surface area contributed by atoms with Crippen LogP contribution in [0.15, 0.2) is 42.6 Å². The van der Waals surface area contributed by atoms with Gasteiger partial charge in [0.05, 0.1) is 0 Å². The van der Waals surface area contributed by atoms with Gasteiger partial charge in [-0.1, -0.05) is 51.1 Å². The van der Waals surface area contributed by atoms with Gasteiger partial charge >= 0.3 is 5.97 Å². The summed E-state index contributed by atoms with van der Waals surface area (Å²) in [5.41, 5.74) is 2.59. The number of hydrogen-bond acceptors (Lipinski definition) is 3. The molecule has 0 radical (unpaired) electrons. The van der Waals surface area contributed by atoms with Gasteiger partial charge in [0.2, 0.25) is 0 Å². The molecule has 2 aromatic rings. The second-order valence-corrected chi connectivity index (χ2v) is 13.0. The van der Waals surface area contributed by atoms with Crippen molar-refractivity contribution in [2.24, 2.45) is 0 Å². The quantitative estimate of drug-likeness (QED) is 0.387. The summed E-state index contributed by atoms with van der Waals surface area (Å²) in [4.78, 5) is 15.1. The lowest BCUT2D eigenvalue weighted by molar-refractivity contribution is 0.0466. The standard InChI is InChI=1S/C21H31NO3Si/c1-21(2,3)26(4,5)25-13-9-12-18-14-19(22-15-18)20(23)24-16-17-10-7-6-8-11-17/h6-8,10-11,14-15,22H,9,12-13,16H2,1-5H3. The van der Waals surface area contributed by atoms with Gasteiger partial charge in [-0.25, -0.2) is 4.79 Å². The van der Waals surface area contributed by atoms with E-state index in [0.29, 0.717) is 5.69 Å². The highest BCUT2D eigenvalue weighted by Crippen LogP contribution is 2.36. The molecule has 0 unspecified atom stereocenters. The molecule has 1 heterocycles. The molecule has 0 saturated heterocycles. The highest BCUT2D eigenvalue weighted by Gasteiger charge is 2.36. The van der Waals surface area contributed by atoms with E-state index >= 15 is 0 Å². The van der Waals surface area contributed by atoms with Gasteiger partial charge < -0.3 is 14.1 Å². The maximum Gasteiger partial charge on any atom is 0.355 e. The van der Waals surface area contributed by atoms with Crippen LogP contribution in [0.5, 0.6) is 0 Å². The Bertz CT molecular complexity index is 702. The molecule has 26 heavy (non-hydrogen) atoms. The highest BCUT2D eigenvalue weighted by molar-refractivity contribution is 6.74. The summed E-state index contributed by atoms with van der Waals surface area (Å²) >= 11 is 0. The van der Waals surface area contributed by atoms with Gasteiger partial charge in [0.15, 0.2) is 8.32 Å². The minimum Gasteiger partial charge on any atom is -0.456 e. The summed E-state index contributed by atoms with van der Waals surface area (Å²) in [5, 5.41) is 0.233. The van der Waals surface area contributed by atoms with Crippen LogP contribution in [-0.2, 0) is 22.2 Å². The zero-order valence-corrected chi connectivity index (χ0v) is 17.6. The number of carbonyl (C=O) groups is 1. The van der Waals surface area contributed by atoms with Crippen LogP contribution in [0.25, 0.3) is 0 Å². The van der Waals surface area contributed by atoms with E-state index < -0.39 is 8.32 Å². The van der Waals surface area contributed by atoms with Crippen LogP contribution in [0, 0.1) is 0 Å². The van der Waals surface area contributed by atoms with Crippen molar-refractivity contribution in [2.45, 2.75) is 58.4 Å². The van der Waals surface area contributed by atoms with E-state index in [1.807, 2.05) is 42.6 Å². The summed E-state index contributed by atoms with van der Waals surface area (Å²) in [6.45, 7) is 12.3. The van der Waals surface area contributed by atoms with Crippen LogP contribution in [0.4, 0.5) is 0 Å². The molecule has 0 saturated carbocycles. The third-order valence-corrected chi connectivity index (χ3v) is 9.59. The van der Waals surface area contributed by atoms with E-state index in [9.17, 15) is 4.79 Å². The van der Waals surface area contributed by atoms with Gasteiger partial charge in [0.1, 0.15) is 12.3 Å². The van der Waals surface area contributed by atoms with Gasteiger partial charge in [-0.15, -0.1) is 0 Å². The molecule has 0 bridgehead atoms. The molecule has 142 valence electrons. The first-order chi connectivity index (χ1) is 12.2. The number of benzene rings is 1.